The SMILES string of the molecule is COc1cccc(N(Cc2cccnc2)C(=O)OCc2ccccc2)c1. The van der Waals surface area contributed by atoms with Gasteiger partial charge in [0, 0.05) is 18.5 Å². The first-order valence-electron chi connectivity index (χ1n) is 8.27. The number of nitrogens with zero attached hydrogens (tertiary/aromatic N) is 2. The van der Waals surface area contributed by atoms with Crippen LogP contribution in [0.15, 0.2) is 79.1 Å². The van der Waals surface area contributed by atoms with Crippen LogP contribution in [0.4, 0.5) is 10.5 Å². The van der Waals surface area contributed by atoms with Crippen molar-refractivity contribution in [2.24, 2.45) is 0 Å². The fourth-order valence-electron chi connectivity index (χ4n) is 2.51. The van der Waals surface area contributed by atoms with Gasteiger partial charge in [-0.05, 0) is 29.3 Å². The van der Waals surface area contributed by atoms with Gasteiger partial charge in [0.25, 0.3) is 0 Å². The highest BCUT2D eigenvalue weighted by molar-refractivity contribution is 5.87. The monoisotopic (exact) mass is 348 g/mol. The molecule has 0 fully saturated rings. The lowest BCUT2D eigenvalue weighted by Gasteiger charge is -2.22. The topological polar surface area (TPSA) is 51.7 Å². The molecule has 3 aromatic rings. The molecule has 0 atom stereocenters. The highest BCUT2D eigenvalue weighted by Gasteiger charge is 2.18. The van der Waals surface area contributed by atoms with Crippen LogP contribution < -0.4 is 9.64 Å². The Bertz CT molecular complexity index is 838. The van der Waals surface area contributed by atoms with Crippen molar-refractivity contribution < 1.29 is 14.3 Å². The van der Waals surface area contributed by atoms with E-state index in [1.165, 1.54) is 0 Å². The number of benzene rings is 2. The molecule has 0 bridgehead atoms. The van der Waals surface area contributed by atoms with E-state index in [0.29, 0.717) is 18.0 Å². The summed E-state index contributed by atoms with van der Waals surface area (Å²) >= 11 is 0. The van der Waals surface area contributed by atoms with Gasteiger partial charge in [-0.2, -0.15) is 0 Å². The van der Waals surface area contributed by atoms with E-state index in [9.17, 15) is 4.79 Å². The lowest BCUT2D eigenvalue weighted by Crippen LogP contribution is -2.31. The number of carbonyl (C=O) groups is 1. The van der Waals surface area contributed by atoms with E-state index >= 15 is 0 Å². The molecule has 26 heavy (non-hydrogen) atoms. The van der Waals surface area contributed by atoms with Crippen LogP contribution in [-0.2, 0) is 17.9 Å². The maximum absolute atomic E-state index is 12.8. The summed E-state index contributed by atoms with van der Waals surface area (Å²) in [6.07, 6.45) is 3.01. The van der Waals surface area contributed by atoms with Crippen molar-refractivity contribution in [2.45, 2.75) is 13.2 Å². The second-order valence-electron chi connectivity index (χ2n) is 5.69. The zero-order chi connectivity index (χ0) is 18.2. The molecule has 2 aromatic carbocycles. The summed E-state index contributed by atoms with van der Waals surface area (Å²) in [6, 6.07) is 20.7. The lowest BCUT2D eigenvalue weighted by molar-refractivity contribution is 0.146. The van der Waals surface area contributed by atoms with Gasteiger partial charge in [0.1, 0.15) is 12.4 Å². The fourth-order valence-corrected chi connectivity index (χ4v) is 2.51. The zero-order valence-electron chi connectivity index (χ0n) is 14.5. The summed E-state index contributed by atoms with van der Waals surface area (Å²) in [7, 11) is 1.60. The van der Waals surface area contributed by atoms with E-state index in [0.717, 1.165) is 11.1 Å². The molecule has 0 aliphatic carbocycles. The molecule has 0 N–H and O–H groups in total. The number of carbonyl (C=O) groups excluding carboxylic acids is 1. The Morgan fingerprint density at radius 1 is 1.00 bits per heavy atom. The molecule has 0 aliphatic heterocycles. The third-order valence-corrected chi connectivity index (χ3v) is 3.85. The summed E-state index contributed by atoms with van der Waals surface area (Å²) in [4.78, 5) is 18.4. The van der Waals surface area contributed by atoms with Crippen LogP contribution in [0.1, 0.15) is 11.1 Å². The molecule has 5 nitrogen and oxygen atoms in total. The minimum atomic E-state index is -0.425. The van der Waals surface area contributed by atoms with Crippen molar-refractivity contribution in [3.8, 4) is 5.75 Å². The number of ether oxygens (including phenoxy) is 2. The standard InChI is InChI=1S/C21H20N2O3/c1-25-20-11-5-10-19(13-20)23(15-18-9-6-12-22-14-18)21(24)26-16-17-7-3-2-4-8-17/h2-14H,15-16H2,1H3. The van der Waals surface area contributed by atoms with Gasteiger partial charge in [0.05, 0.1) is 19.3 Å². The summed E-state index contributed by atoms with van der Waals surface area (Å²) in [5, 5.41) is 0. The molecule has 132 valence electrons. The van der Waals surface area contributed by atoms with Gasteiger partial charge in [-0.25, -0.2) is 4.79 Å². The Hall–Kier alpha value is -3.34. The molecule has 1 aromatic heterocycles. The first-order chi connectivity index (χ1) is 12.8. The number of hydrogen-bond acceptors (Lipinski definition) is 4. The Labute approximate surface area is 152 Å². The van der Waals surface area contributed by atoms with Crippen LogP contribution in [0.25, 0.3) is 0 Å². The smallest absolute Gasteiger partial charge is 0.414 e. The van der Waals surface area contributed by atoms with E-state index in [1.54, 1.807) is 30.5 Å². The van der Waals surface area contributed by atoms with Gasteiger partial charge < -0.3 is 9.47 Å². The number of anilines is 1. The van der Waals surface area contributed by atoms with Crippen LogP contribution in [0, 0.1) is 0 Å². The van der Waals surface area contributed by atoms with E-state index in [-0.39, 0.29) is 6.61 Å². The molecule has 5 heteroatoms. The molecule has 0 aliphatic rings. The first-order valence-corrected chi connectivity index (χ1v) is 8.27. The van der Waals surface area contributed by atoms with Crippen LogP contribution in [-0.4, -0.2) is 18.2 Å². The van der Waals surface area contributed by atoms with Gasteiger partial charge in [-0.3, -0.25) is 9.88 Å². The highest BCUT2D eigenvalue weighted by Crippen LogP contribution is 2.23. The number of rotatable bonds is 6. The predicted octanol–water partition coefficient (Wildman–Crippen LogP) is 4.43. The minimum absolute atomic E-state index is 0.215. The van der Waals surface area contributed by atoms with E-state index in [2.05, 4.69) is 4.98 Å². The van der Waals surface area contributed by atoms with Crippen LogP contribution in [0.3, 0.4) is 0 Å². The minimum Gasteiger partial charge on any atom is -0.497 e. The van der Waals surface area contributed by atoms with Crippen molar-refractivity contribution >= 4 is 11.8 Å². The second-order valence-corrected chi connectivity index (χ2v) is 5.69. The first kappa shape index (κ1) is 17.5. The van der Waals surface area contributed by atoms with Gasteiger partial charge in [0.15, 0.2) is 0 Å². The van der Waals surface area contributed by atoms with Crippen molar-refractivity contribution in [1.29, 1.82) is 0 Å². The van der Waals surface area contributed by atoms with E-state index in [1.807, 2.05) is 60.7 Å². The third kappa shape index (κ3) is 4.60. The normalized spacial score (nSPS) is 10.2. The number of amides is 1. The molecular weight excluding hydrogens is 328 g/mol. The van der Waals surface area contributed by atoms with Crippen molar-refractivity contribution in [3.05, 3.63) is 90.3 Å². The number of pyridine rings is 1. The van der Waals surface area contributed by atoms with Crippen molar-refractivity contribution in [1.82, 2.24) is 4.98 Å². The Morgan fingerprint density at radius 3 is 2.54 bits per heavy atom. The zero-order valence-corrected chi connectivity index (χ0v) is 14.5. The lowest BCUT2D eigenvalue weighted by atomic mass is 10.2. The summed E-state index contributed by atoms with van der Waals surface area (Å²) < 4.78 is 10.8. The Morgan fingerprint density at radius 2 is 1.81 bits per heavy atom. The number of aromatic nitrogens is 1. The Kier molecular flexibility index (Phi) is 5.83. The quantitative estimate of drug-likeness (QED) is 0.661. The van der Waals surface area contributed by atoms with Gasteiger partial charge >= 0.3 is 6.09 Å². The third-order valence-electron chi connectivity index (χ3n) is 3.85. The number of hydrogen-bond donors (Lipinski definition) is 0. The average molecular weight is 348 g/mol. The second kappa shape index (κ2) is 8.67. The highest BCUT2D eigenvalue weighted by atomic mass is 16.6. The molecule has 0 saturated heterocycles. The van der Waals surface area contributed by atoms with Crippen molar-refractivity contribution in [3.63, 3.8) is 0 Å². The van der Waals surface area contributed by atoms with E-state index < -0.39 is 6.09 Å². The summed E-state index contributed by atoms with van der Waals surface area (Å²) in [5.74, 6) is 0.676. The molecular formula is C21H20N2O3. The van der Waals surface area contributed by atoms with Crippen LogP contribution in [0.5, 0.6) is 5.75 Å². The molecule has 1 amide bonds. The molecule has 0 unspecified atom stereocenters. The maximum atomic E-state index is 12.8. The molecule has 0 radical (unpaired) electrons. The van der Waals surface area contributed by atoms with Gasteiger partial charge in [-0.15, -0.1) is 0 Å². The maximum Gasteiger partial charge on any atom is 0.414 e. The van der Waals surface area contributed by atoms with Crippen LogP contribution >= 0.6 is 0 Å². The largest absolute Gasteiger partial charge is 0.497 e. The molecule has 0 spiro atoms. The van der Waals surface area contributed by atoms with Crippen LogP contribution in [0.2, 0.25) is 0 Å². The fraction of sp³-hybridized carbons (Fsp3) is 0.143. The molecule has 0 saturated carbocycles. The van der Waals surface area contributed by atoms with Gasteiger partial charge in [-0.1, -0.05) is 42.5 Å². The van der Waals surface area contributed by atoms with E-state index in [4.69, 9.17) is 9.47 Å². The molecule has 1 heterocycles. The van der Waals surface area contributed by atoms with Gasteiger partial charge in [0.2, 0.25) is 0 Å². The molecule has 3 rings (SSSR count). The van der Waals surface area contributed by atoms with Crippen molar-refractivity contribution in [2.75, 3.05) is 12.0 Å². The predicted molar refractivity (Wildman–Crippen MR) is 100 cm³/mol. The summed E-state index contributed by atoms with van der Waals surface area (Å²) in [6.45, 7) is 0.571. The average Bonchev–Trinajstić information content (AvgIpc) is 2.72. The number of methoxy groups -OCH3 is 1. The summed E-state index contributed by atoms with van der Waals surface area (Å²) in [5.41, 5.74) is 2.55. The Balaban J connectivity index is 1.80.